The van der Waals surface area contributed by atoms with Crippen LogP contribution in [-0.4, -0.2) is 75.7 Å². The van der Waals surface area contributed by atoms with Gasteiger partial charge in [-0.2, -0.15) is 0 Å². The lowest BCUT2D eigenvalue weighted by Gasteiger charge is -2.29. The number of rotatable bonds is 5. The molecule has 0 aromatic rings. The van der Waals surface area contributed by atoms with E-state index in [9.17, 15) is 4.79 Å². The number of carbonyl (C=O) groups is 1. The Labute approximate surface area is 145 Å². The second-order valence-corrected chi connectivity index (χ2v) is 5.39. The Morgan fingerprint density at radius 3 is 2.43 bits per heavy atom. The molecule has 0 spiro atoms. The van der Waals surface area contributed by atoms with Crippen LogP contribution in [0.4, 0.5) is 0 Å². The van der Waals surface area contributed by atoms with Crippen LogP contribution in [0.2, 0.25) is 0 Å². The zero-order chi connectivity index (χ0) is 15.0. The monoisotopic (exact) mass is 412 g/mol. The first-order valence-corrected chi connectivity index (χ1v) is 7.32. The normalized spacial score (nSPS) is 16.1. The summed E-state index contributed by atoms with van der Waals surface area (Å²) >= 11 is 0. The summed E-state index contributed by atoms with van der Waals surface area (Å²) in [6.45, 7) is 5.67. The molecule has 1 amide bonds. The number of halogens is 1. The van der Waals surface area contributed by atoms with Crippen LogP contribution in [-0.2, 0) is 9.53 Å². The molecule has 1 heterocycles. The molecule has 0 bridgehead atoms. The van der Waals surface area contributed by atoms with E-state index in [1.54, 1.807) is 19.0 Å². The minimum atomic E-state index is 0. The van der Waals surface area contributed by atoms with Gasteiger partial charge in [-0.05, 0) is 25.7 Å². The highest BCUT2D eigenvalue weighted by Crippen LogP contribution is 2.15. The standard InChI is InChI=1S/C14H28N4O2.HI/c1-5-15-14(16-10-13(19)17(2)3)18(4)11-12-6-8-20-9-7-12;/h12H,5-11H2,1-4H3,(H,15,16);1H. The molecule has 1 N–H and O–H groups in total. The largest absolute Gasteiger partial charge is 0.381 e. The fourth-order valence-corrected chi connectivity index (χ4v) is 2.16. The lowest BCUT2D eigenvalue weighted by molar-refractivity contribution is -0.127. The average Bonchev–Trinajstić information content (AvgIpc) is 2.43. The minimum Gasteiger partial charge on any atom is -0.381 e. The van der Waals surface area contributed by atoms with Crippen molar-refractivity contribution in [3.63, 3.8) is 0 Å². The number of aliphatic imine (C=N–C) groups is 1. The Hall–Kier alpha value is -0.570. The molecule has 0 aromatic carbocycles. The summed E-state index contributed by atoms with van der Waals surface area (Å²) in [4.78, 5) is 19.7. The van der Waals surface area contributed by atoms with Crippen LogP contribution in [0.25, 0.3) is 0 Å². The minimum absolute atomic E-state index is 0. The van der Waals surface area contributed by atoms with Gasteiger partial charge in [0.1, 0.15) is 6.54 Å². The van der Waals surface area contributed by atoms with Gasteiger partial charge in [-0.1, -0.05) is 0 Å². The lowest BCUT2D eigenvalue weighted by atomic mass is 10.00. The van der Waals surface area contributed by atoms with E-state index < -0.39 is 0 Å². The molecule has 0 unspecified atom stereocenters. The highest BCUT2D eigenvalue weighted by Gasteiger charge is 2.17. The first kappa shape index (κ1) is 20.4. The van der Waals surface area contributed by atoms with Crippen molar-refractivity contribution in [3.8, 4) is 0 Å². The third-order valence-electron chi connectivity index (χ3n) is 3.43. The van der Waals surface area contributed by atoms with Crippen LogP contribution in [0.5, 0.6) is 0 Å². The van der Waals surface area contributed by atoms with Gasteiger partial charge in [-0.15, -0.1) is 24.0 Å². The predicted molar refractivity (Wildman–Crippen MR) is 96.3 cm³/mol. The van der Waals surface area contributed by atoms with Gasteiger partial charge in [-0.3, -0.25) is 4.79 Å². The summed E-state index contributed by atoms with van der Waals surface area (Å²) in [6.07, 6.45) is 2.20. The molecule has 0 radical (unpaired) electrons. The van der Waals surface area contributed by atoms with E-state index in [2.05, 4.69) is 15.2 Å². The van der Waals surface area contributed by atoms with Crippen molar-refractivity contribution in [2.75, 3.05) is 54.0 Å². The summed E-state index contributed by atoms with van der Waals surface area (Å²) in [5.74, 6) is 1.45. The molecule has 1 fully saturated rings. The molecule has 0 aromatic heterocycles. The second-order valence-electron chi connectivity index (χ2n) is 5.39. The molecular weight excluding hydrogens is 383 g/mol. The molecule has 1 aliphatic rings. The Kier molecular flexibility index (Phi) is 10.8. The Morgan fingerprint density at radius 1 is 1.29 bits per heavy atom. The summed E-state index contributed by atoms with van der Waals surface area (Å²) in [6, 6.07) is 0. The van der Waals surface area contributed by atoms with Gasteiger partial charge in [-0.25, -0.2) is 4.99 Å². The molecule has 0 saturated carbocycles. The fourth-order valence-electron chi connectivity index (χ4n) is 2.16. The number of hydrogen-bond acceptors (Lipinski definition) is 3. The topological polar surface area (TPSA) is 57.2 Å². The molecule has 1 rings (SSSR count). The number of likely N-dealkylation sites (N-methyl/N-ethyl adjacent to an activating group) is 1. The molecule has 7 heteroatoms. The average molecular weight is 412 g/mol. The SMILES string of the molecule is CCNC(=NCC(=O)N(C)C)N(C)CC1CCOCC1.I. The number of nitrogens with zero attached hydrogens (tertiary/aromatic N) is 3. The Bertz CT molecular complexity index is 331. The van der Waals surface area contributed by atoms with E-state index in [0.717, 1.165) is 45.1 Å². The molecule has 0 atom stereocenters. The second kappa shape index (κ2) is 11.1. The van der Waals surface area contributed by atoms with Gasteiger partial charge in [0.25, 0.3) is 0 Å². The van der Waals surface area contributed by atoms with Gasteiger partial charge in [0.2, 0.25) is 5.91 Å². The highest BCUT2D eigenvalue weighted by atomic mass is 127. The molecule has 6 nitrogen and oxygen atoms in total. The van der Waals surface area contributed by atoms with Crippen LogP contribution < -0.4 is 5.32 Å². The van der Waals surface area contributed by atoms with Crippen LogP contribution >= 0.6 is 24.0 Å². The van der Waals surface area contributed by atoms with Crippen LogP contribution in [0.1, 0.15) is 19.8 Å². The van der Waals surface area contributed by atoms with E-state index in [-0.39, 0.29) is 36.4 Å². The Morgan fingerprint density at radius 2 is 1.90 bits per heavy atom. The van der Waals surface area contributed by atoms with Crippen molar-refractivity contribution in [2.45, 2.75) is 19.8 Å². The van der Waals surface area contributed by atoms with E-state index in [0.29, 0.717) is 5.92 Å². The highest BCUT2D eigenvalue weighted by molar-refractivity contribution is 14.0. The number of carbonyl (C=O) groups excluding carboxylic acids is 1. The summed E-state index contributed by atoms with van der Waals surface area (Å²) in [5.41, 5.74) is 0. The summed E-state index contributed by atoms with van der Waals surface area (Å²) < 4.78 is 5.38. The van der Waals surface area contributed by atoms with Crippen LogP contribution in [0.15, 0.2) is 4.99 Å². The van der Waals surface area contributed by atoms with Crippen molar-refractivity contribution in [2.24, 2.45) is 10.9 Å². The lowest BCUT2D eigenvalue weighted by Crippen LogP contribution is -2.42. The molecule has 0 aliphatic carbocycles. The maximum absolute atomic E-state index is 11.6. The molecular formula is C14H29IN4O2. The van der Waals surface area contributed by atoms with Crippen LogP contribution in [0.3, 0.4) is 0 Å². The molecule has 1 saturated heterocycles. The maximum atomic E-state index is 11.6. The van der Waals surface area contributed by atoms with Crippen molar-refractivity contribution in [1.29, 1.82) is 0 Å². The predicted octanol–water partition coefficient (Wildman–Crippen LogP) is 1.02. The number of ether oxygens (including phenoxy) is 1. The quantitative estimate of drug-likeness (QED) is 0.416. The fraction of sp³-hybridized carbons (Fsp3) is 0.857. The smallest absolute Gasteiger partial charge is 0.243 e. The van der Waals surface area contributed by atoms with Gasteiger partial charge >= 0.3 is 0 Å². The number of amides is 1. The molecule has 21 heavy (non-hydrogen) atoms. The Balaban J connectivity index is 0.00000400. The zero-order valence-electron chi connectivity index (χ0n) is 13.6. The van der Waals surface area contributed by atoms with Gasteiger partial charge in [0.15, 0.2) is 5.96 Å². The third-order valence-corrected chi connectivity index (χ3v) is 3.43. The van der Waals surface area contributed by atoms with E-state index in [1.165, 1.54) is 0 Å². The van der Waals surface area contributed by atoms with Gasteiger partial charge in [0, 0.05) is 47.4 Å². The number of hydrogen-bond donors (Lipinski definition) is 1. The first-order chi connectivity index (χ1) is 9.54. The van der Waals surface area contributed by atoms with Gasteiger partial charge in [0.05, 0.1) is 0 Å². The van der Waals surface area contributed by atoms with Gasteiger partial charge < -0.3 is 19.9 Å². The van der Waals surface area contributed by atoms with E-state index in [4.69, 9.17) is 4.74 Å². The van der Waals surface area contributed by atoms with E-state index in [1.807, 2.05) is 14.0 Å². The van der Waals surface area contributed by atoms with Crippen LogP contribution in [0, 0.1) is 5.92 Å². The first-order valence-electron chi connectivity index (χ1n) is 7.32. The number of nitrogens with one attached hydrogen (secondary N) is 1. The molecule has 124 valence electrons. The third kappa shape index (κ3) is 7.85. The van der Waals surface area contributed by atoms with Crippen molar-refractivity contribution < 1.29 is 9.53 Å². The van der Waals surface area contributed by atoms with Crippen molar-refractivity contribution in [3.05, 3.63) is 0 Å². The molecule has 1 aliphatic heterocycles. The van der Waals surface area contributed by atoms with Crippen molar-refractivity contribution in [1.82, 2.24) is 15.1 Å². The maximum Gasteiger partial charge on any atom is 0.243 e. The summed E-state index contributed by atoms with van der Waals surface area (Å²) in [5, 5.41) is 3.24. The summed E-state index contributed by atoms with van der Waals surface area (Å²) in [7, 11) is 5.52. The van der Waals surface area contributed by atoms with E-state index >= 15 is 0 Å². The van der Waals surface area contributed by atoms with Crippen molar-refractivity contribution >= 4 is 35.8 Å². The zero-order valence-corrected chi connectivity index (χ0v) is 15.9. The number of guanidine groups is 1.